The van der Waals surface area contributed by atoms with Crippen LogP contribution in [0.15, 0.2) is 29.8 Å². The van der Waals surface area contributed by atoms with Crippen LogP contribution >= 0.6 is 0 Å². The lowest BCUT2D eigenvalue weighted by molar-refractivity contribution is -0.144. The fourth-order valence-corrected chi connectivity index (χ4v) is 2.85. The number of esters is 1. The number of hydrogen-bond acceptors (Lipinski definition) is 4. The smallest absolute Gasteiger partial charge is 0.349 e. The molecule has 0 aliphatic heterocycles. The van der Waals surface area contributed by atoms with E-state index in [0.29, 0.717) is 5.92 Å². The third-order valence-corrected chi connectivity index (χ3v) is 4.44. The Balaban J connectivity index is 1.84. The third-order valence-electron chi connectivity index (χ3n) is 4.44. The first-order valence-corrected chi connectivity index (χ1v) is 8.63. The monoisotopic (exact) mass is 340 g/mol. The largest absolute Gasteiger partial charge is 0.451 e. The third kappa shape index (κ3) is 6.07. The van der Waals surface area contributed by atoms with Crippen LogP contribution in [0.25, 0.3) is 6.08 Å². The van der Waals surface area contributed by atoms with Gasteiger partial charge in [-0.05, 0) is 50.2 Å². The molecule has 1 amide bonds. The summed E-state index contributed by atoms with van der Waals surface area (Å²) >= 11 is 0. The predicted octanol–water partition coefficient (Wildman–Crippen LogP) is 3.14. The zero-order valence-electron chi connectivity index (χ0n) is 14.7. The number of aryl methyl sites for hydroxylation is 1. The first kappa shape index (κ1) is 18.7. The molecular formula is C20H24N2O3. The molecule has 0 aromatic heterocycles. The molecule has 0 heterocycles. The van der Waals surface area contributed by atoms with Crippen molar-refractivity contribution >= 4 is 18.0 Å². The van der Waals surface area contributed by atoms with Gasteiger partial charge >= 0.3 is 5.97 Å². The minimum atomic E-state index is -0.782. The lowest BCUT2D eigenvalue weighted by atomic mass is 9.87. The van der Waals surface area contributed by atoms with Crippen LogP contribution in [0, 0.1) is 24.2 Å². The normalized spacial score (nSPS) is 20.4. The second kappa shape index (κ2) is 9.03. The molecule has 5 heteroatoms. The van der Waals surface area contributed by atoms with Gasteiger partial charge in [0.2, 0.25) is 0 Å². The van der Waals surface area contributed by atoms with Gasteiger partial charge < -0.3 is 10.1 Å². The quantitative estimate of drug-likeness (QED) is 0.507. The molecule has 0 spiro atoms. The molecular weight excluding hydrogens is 316 g/mol. The molecule has 25 heavy (non-hydrogen) atoms. The Morgan fingerprint density at radius 2 is 1.88 bits per heavy atom. The Bertz CT molecular complexity index is 678. The Morgan fingerprint density at radius 3 is 2.48 bits per heavy atom. The summed E-state index contributed by atoms with van der Waals surface area (Å²) in [6.07, 6.45) is 5.57. The van der Waals surface area contributed by atoms with Crippen molar-refractivity contribution in [2.75, 3.05) is 6.61 Å². The molecule has 0 saturated heterocycles. The molecule has 132 valence electrons. The highest BCUT2D eigenvalue weighted by molar-refractivity contribution is 5.98. The fraction of sp³-hybridized carbons (Fsp3) is 0.450. The fourth-order valence-electron chi connectivity index (χ4n) is 2.85. The minimum absolute atomic E-state index is 0.122. The van der Waals surface area contributed by atoms with Crippen molar-refractivity contribution in [1.82, 2.24) is 5.32 Å². The summed E-state index contributed by atoms with van der Waals surface area (Å²) < 4.78 is 4.97. The van der Waals surface area contributed by atoms with E-state index in [1.54, 1.807) is 0 Å². The summed E-state index contributed by atoms with van der Waals surface area (Å²) in [5.41, 5.74) is 1.70. The van der Waals surface area contributed by atoms with Gasteiger partial charge in [0, 0.05) is 6.04 Å². The topological polar surface area (TPSA) is 79.2 Å². The molecule has 1 fully saturated rings. The van der Waals surface area contributed by atoms with E-state index in [0.717, 1.165) is 36.8 Å². The molecule has 1 aliphatic carbocycles. The summed E-state index contributed by atoms with van der Waals surface area (Å²) in [5.74, 6) is -0.396. The second-order valence-corrected chi connectivity index (χ2v) is 6.68. The van der Waals surface area contributed by atoms with E-state index in [1.807, 2.05) is 37.3 Å². The molecule has 1 aliphatic rings. The van der Waals surface area contributed by atoms with Gasteiger partial charge in [0.05, 0.1) is 0 Å². The molecule has 0 atom stereocenters. The maximum absolute atomic E-state index is 12.0. The Kier molecular flexibility index (Phi) is 6.76. The van der Waals surface area contributed by atoms with E-state index < -0.39 is 5.97 Å². The van der Waals surface area contributed by atoms with E-state index in [1.165, 1.54) is 6.08 Å². The number of ether oxygens (including phenoxy) is 1. The van der Waals surface area contributed by atoms with Crippen LogP contribution in [-0.4, -0.2) is 24.5 Å². The zero-order valence-corrected chi connectivity index (χ0v) is 14.7. The van der Waals surface area contributed by atoms with Gasteiger partial charge in [0.25, 0.3) is 5.91 Å². The number of benzene rings is 1. The number of amides is 1. The van der Waals surface area contributed by atoms with Gasteiger partial charge in [0.1, 0.15) is 11.6 Å². The number of carbonyl (C=O) groups excluding carboxylic acids is 2. The average Bonchev–Trinajstić information content (AvgIpc) is 2.61. The SMILES string of the molecule is Cc1ccc(/C=C(\C#N)C(=O)OCC(=O)NC2CCC(C)CC2)cc1. The molecule has 0 radical (unpaired) electrons. The van der Waals surface area contributed by atoms with Crippen LogP contribution in [0.2, 0.25) is 0 Å². The molecule has 5 nitrogen and oxygen atoms in total. The molecule has 2 rings (SSSR count). The van der Waals surface area contributed by atoms with E-state index in [2.05, 4.69) is 12.2 Å². The van der Waals surface area contributed by atoms with Crippen molar-refractivity contribution in [1.29, 1.82) is 5.26 Å². The second-order valence-electron chi connectivity index (χ2n) is 6.68. The number of hydrogen-bond donors (Lipinski definition) is 1. The predicted molar refractivity (Wildman–Crippen MR) is 95.3 cm³/mol. The van der Waals surface area contributed by atoms with Crippen LogP contribution in [0.3, 0.4) is 0 Å². The molecule has 1 aromatic carbocycles. The molecule has 1 N–H and O–H groups in total. The number of nitriles is 1. The minimum Gasteiger partial charge on any atom is -0.451 e. The summed E-state index contributed by atoms with van der Waals surface area (Å²) in [6.45, 7) is 3.81. The molecule has 1 aromatic rings. The maximum Gasteiger partial charge on any atom is 0.349 e. The first-order valence-electron chi connectivity index (χ1n) is 8.63. The van der Waals surface area contributed by atoms with Crippen molar-refractivity contribution in [3.8, 4) is 6.07 Å². The van der Waals surface area contributed by atoms with Crippen molar-refractivity contribution in [3.05, 3.63) is 41.0 Å². The van der Waals surface area contributed by atoms with Crippen LogP contribution in [0.5, 0.6) is 0 Å². The molecule has 0 unspecified atom stereocenters. The van der Waals surface area contributed by atoms with Crippen molar-refractivity contribution in [2.24, 2.45) is 5.92 Å². The van der Waals surface area contributed by atoms with E-state index in [4.69, 9.17) is 10.00 Å². The van der Waals surface area contributed by atoms with Crippen LogP contribution in [-0.2, 0) is 14.3 Å². The van der Waals surface area contributed by atoms with E-state index in [9.17, 15) is 9.59 Å². The molecule has 0 bridgehead atoms. The van der Waals surface area contributed by atoms with Gasteiger partial charge in [-0.2, -0.15) is 5.26 Å². The van der Waals surface area contributed by atoms with Gasteiger partial charge in [-0.25, -0.2) is 4.79 Å². The van der Waals surface area contributed by atoms with Crippen LogP contribution in [0.4, 0.5) is 0 Å². The average molecular weight is 340 g/mol. The first-order chi connectivity index (χ1) is 12.0. The van der Waals surface area contributed by atoms with Gasteiger partial charge in [-0.3, -0.25) is 4.79 Å². The van der Waals surface area contributed by atoms with E-state index in [-0.39, 0.29) is 24.1 Å². The van der Waals surface area contributed by atoms with E-state index >= 15 is 0 Å². The summed E-state index contributed by atoms with van der Waals surface area (Å²) in [6, 6.07) is 9.40. The lowest BCUT2D eigenvalue weighted by Gasteiger charge is -2.26. The number of nitrogens with zero attached hydrogens (tertiary/aromatic N) is 1. The van der Waals surface area contributed by atoms with Crippen molar-refractivity contribution in [2.45, 2.75) is 45.6 Å². The molecule has 1 saturated carbocycles. The number of carbonyl (C=O) groups is 2. The lowest BCUT2D eigenvalue weighted by Crippen LogP contribution is -2.39. The summed E-state index contributed by atoms with van der Waals surface area (Å²) in [7, 11) is 0. The summed E-state index contributed by atoms with van der Waals surface area (Å²) in [5, 5.41) is 12.0. The zero-order chi connectivity index (χ0) is 18.2. The van der Waals surface area contributed by atoms with Crippen molar-refractivity contribution in [3.63, 3.8) is 0 Å². The highest BCUT2D eigenvalue weighted by Crippen LogP contribution is 2.23. The van der Waals surface area contributed by atoms with Gasteiger partial charge in [-0.15, -0.1) is 0 Å². The van der Waals surface area contributed by atoms with Gasteiger partial charge in [0.15, 0.2) is 6.61 Å². The van der Waals surface area contributed by atoms with Crippen molar-refractivity contribution < 1.29 is 14.3 Å². The van der Waals surface area contributed by atoms with Gasteiger partial charge in [-0.1, -0.05) is 36.8 Å². The Labute approximate surface area is 148 Å². The van der Waals surface area contributed by atoms with Crippen LogP contribution < -0.4 is 5.32 Å². The number of rotatable bonds is 5. The number of nitrogens with one attached hydrogen (secondary N) is 1. The standard InChI is InChI=1S/C20H24N2O3/c1-14-3-7-16(8-4-14)11-17(12-21)20(24)25-13-19(23)22-18-9-5-15(2)6-10-18/h3-4,7-8,11,15,18H,5-6,9-10,13H2,1-2H3,(H,22,23)/b17-11+. The summed E-state index contributed by atoms with van der Waals surface area (Å²) in [4.78, 5) is 23.9. The Morgan fingerprint density at radius 1 is 1.24 bits per heavy atom. The highest BCUT2D eigenvalue weighted by atomic mass is 16.5. The highest BCUT2D eigenvalue weighted by Gasteiger charge is 2.20. The maximum atomic E-state index is 12.0. The van der Waals surface area contributed by atoms with Crippen LogP contribution in [0.1, 0.15) is 43.7 Å². The Hall–Kier alpha value is -2.61.